The molecule has 2 heterocycles. The van der Waals surface area contributed by atoms with Crippen LogP contribution in [0.25, 0.3) is 11.1 Å². The molecule has 0 aliphatic heterocycles. The van der Waals surface area contributed by atoms with Gasteiger partial charge in [-0.15, -0.1) is 5.10 Å². The minimum atomic E-state index is -4.59. The Kier molecular flexibility index (Phi) is 6.99. The van der Waals surface area contributed by atoms with Crippen LogP contribution in [0.15, 0.2) is 66.0 Å². The largest absolute Gasteiger partial charge is 0.446 e. The van der Waals surface area contributed by atoms with Crippen molar-refractivity contribution in [2.75, 3.05) is 0 Å². The molecule has 0 spiro atoms. The number of hydrogen-bond acceptors (Lipinski definition) is 6. The lowest BCUT2D eigenvalue weighted by atomic mass is 9.84. The second-order valence-electron chi connectivity index (χ2n) is 8.05. The first kappa shape index (κ1) is 26.5. The van der Waals surface area contributed by atoms with Crippen molar-refractivity contribution in [3.63, 3.8) is 0 Å². The molecule has 0 bridgehead atoms. The number of halogens is 7. The van der Waals surface area contributed by atoms with E-state index in [2.05, 4.69) is 20.5 Å². The molecule has 0 amide bonds. The lowest BCUT2D eigenvalue weighted by molar-refractivity contribution is -0.207. The van der Waals surface area contributed by atoms with Gasteiger partial charge in [0.1, 0.15) is 23.7 Å². The van der Waals surface area contributed by atoms with Gasteiger partial charge in [0, 0.05) is 28.3 Å². The fourth-order valence-corrected chi connectivity index (χ4v) is 4.48. The molecule has 1 unspecified atom stereocenters. The zero-order valence-electron chi connectivity index (χ0n) is 18.7. The van der Waals surface area contributed by atoms with Crippen LogP contribution in [0, 0.1) is 18.6 Å². The number of hydrogen-bond donors (Lipinski definition) is 1. The fourth-order valence-electron chi connectivity index (χ4n) is 3.69. The maximum absolute atomic E-state index is 15.8. The molecule has 2 aromatic heterocycles. The minimum Gasteiger partial charge on any atom is -0.377 e. The quantitative estimate of drug-likeness (QED) is 0.241. The number of alkyl halides is 5. The van der Waals surface area contributed by atoms with Gasteiger partial charge < -0.3 is 5.11 Å². The van der Waals surface area contributed by atoms with Crippen molar-refractivity contribution >= 4 is 11.8 Å². The molecule has 0 aliphatic rings. The number of aliphatic hydroxyl groups is 1. The van der Waals surface area contributed by atoms with Crippen LogP contribution in [-0.2, 0) is 18.1 Å². The Morgan fingerprint density at radius 3 is 2.32 bits per heavy atom. The summed E-state index contributed by atoms with van der Waals surface area (Å²) in [7, 11) is 0. The predicted octanol–water partition coefficient (Wildman–Crippen LogP) is 5.61. The van der Waals surface area contributed by atoms with Gasteiger partial charge in [-0.25, -0.2) is 13.5 Å². The van der Waals surface area contributed by atoms with Crippen LogP contribution in [0.1, 0.15) is 16.8 Å². The summed E-state index contributed by atoms with van der Waals surface area (Å²) in [6, 6.07) is 7.89. The van der Waals surface area contributed by atoms with Gasteiger partial charge in [-0.1, -0.05) is 18.2 Å². The average molecular weight is 543 g/mol. The van der Waals surface area contributed by atoms with Crippen LogP contribution in [0.5, 0.6) is 0 Å². The molecule has 4 aromatic rings. The molecular formula is C23H16F7N5OS. The molecular weight excluding hydrogens is 527 g/mol. The third kappa shape index (κ3) is 5.44. The van der Waals surface area contributed by atoms with Crippen molar-refractivity contribution < 1.29 is 35.8 Å². The number of pyridine rings is 1. The molecule has 0 saturated heterocycles. The maximum atomic E-state index is 15.8. The number of nitrogens with zero attached hydrogens (tertiary/aromatic N) is 5. The summed E-state index contributed by atoms with van der Waals surface area (Å²) >= 11 is -0.357. The molecule has 0 fully saturated rings. The third-order valence-electron chi connectivity index (χ3n) is 5.44. The van der Waals surface area contributed by atoms with E-state index in [0.29, 0.717) is 23.8 Å². The first-order chi connectivity index (χ1) is 17.3. The van der Waals surface area contributed by atoms with Gasteiger partial charge in [-0.2, -0.15) is 22.0 Å². The van der Waals surface area contributed by atoms with Crippen molar-refractivity contribution in [1.29, 1.82) is 0 Å². The van der Waals surface area contributed by atoms with Gasteiger partial charge in [-0.3, -0.25) is 4.98 Å². The molecule has 194 valence electrons. The SMILES string of the molecule is Cc1ccc(-c2ccc(C(F)(F)C(O)(Cn3cnnn3)c3ccc(F)cc3F)nc2)c(SC(F)(F)F)c1. The normalized spacial score (nSPS) is 14.0. The van der Waals surface area contributed by atoms with Gasteiger partial charge in [0.15, 0.2) is 5.60 Å². The monoisotopic (exact) mass is 543 g/mol. The van der Waals surface area contributed by atoms with Crippen molar-refractivity contribution in [2.24, 2.45) is 0 Å². The van der Waals surface area contributed by atoms with Crippen LogP contribution < -0.4 is 0 Å². The Morgan fingerprint density at radius 1 is 0.973 bits per heavy atom. The van der Waals surface area contributed by atoms with Crippen LogP contribution in [-0.4, -0.2) is 35.8 Å². The van der Waals surface area contributed by atoms with Crippen LogP contribution in [0.2, 0.25) is 0 Å². The fraction of sp³-hybridized carbons (Fsp3) is 0.217. The Balaban J connectivity index is 1.77. The van der Waals surface area contributed by atoms with E-state index >= 15 is 8.78 Å². The van der Waals surface area contributed by atoms with Crippen molar-refractivity contribution in [2.45, 2.75) is 35.4 Å². The Morgan fingerprint density at radius 2 is 1.73 bits per heavy atom. The summed E-state index contributed by atoms with van der Waals surface area (Å²) in [6.07, 6.45) is 1.84. The van der Waals surface area contributed by atoms with E-state index in [-0.39, 0.29) is 27.8 Å². The van der Waals surface area contributed by atoms with Crippen molar-refractivity contribution in [1.82, 2.24) is 25.2 Å². The Bertz CT molecular complexity index is 1400. The van der Waals surface area contributed by atoms with Crippen LogP contribution >= 0.6 is 11.8 Å². The van der Waals surface area contributed by atoms with E-state index in [0.717, 1.165) is 29.3 Å². The van der Waals surface area contributed by atoms with Gasteiger partial charge in [0.05, 0.1) is 6.54 Å². The molecule has 1 atom stereocenters. The number of thioether (sulfide) groups is 1. The lowest BCUT2D eigenvalue weighted by Gasteiger charge is -2.35. The number of aryl methyl sites for hydroxylation is 1. The maximum Gasteiger partial charge on any atom is 0.446 e. The number of benzene rings is 2. The number of aromatic nitrogens is 5. The molecule has 0 saturated carbocycles. The zero-order valence-corrected chi connectivity index (χ0v) is 19.5. The molecule has 0 radical (unpaired) electrons. The van der Waals surface area contributed by atoms with E-state index in [1.807, 2.05) is 0 Å². The van der Waals surface area contributed by atoms with E-state index in [1.165, 1.54) is 12.1 Å². The second-order valence-corrected chi connectivity index (χ2v) is 9.15. The average Bonchev–Trinajstić information content (AvgIpc) is 3.31. The van der Waals surface area contributed by atoms with Gasteiger partial charge in [-0.05, 0) is 64.5 Å². The highest BCUT2D eigenvalue weighted by atomic mass is 32.2. The standard InChI is InChI=1S/C23H16F7N5OS/c1-13-2-5-16(19(8-13)37-23(28,29)30)14-3-7-20(31-10-14)22(26,27)21(36,11-35-12-32-33-34-35)17-6-4-15(24)9-18(17)25/h2-10,12,36H,11H2,1H3. The molecule has 1 N–H and O–H groups in total. The smallest absolute Gasteiger partial charge is 0.377 e. The molecule has 6 nitrogen and oxygen atoms in total. The highest BCUT2D eigenvalue weighted by Crippen LogP contribution is 2.47. The highest BCUT2D eigenvalue weighted by molar-refractivity contribution is 8.00. The van der Waals surface area contributed by atoms with Crippen LogP contribution in [0.4, 0.5) is 30.7 Å². The van der Waals surface area contributed by atoms with Gasteiger partial charge in [0.25, 0.3) is 0 Å². The summed E-state index contributed by atoms with van der Waals surface area (Å²) in [5.41, 5.74) is -9.13. The van der Waals surface area contributed by atoms with Crippen LogP contribution in [0.3, 0.4) is 0 Å². The third-order valence-corrected chi connectivity index (χ3v) is 6.23. The zero-order chi connectivity index (χ0) is 27.0. The highest BCUT2D eigenvalue weighted by Gasteiger charge is 2.58. The summed E-state index contributed by atoms with van der Waals surface area (Å²) in [5, 5.41) is 21.2. The molecule has 2 aromatic carbocycles. The molecule has 0 aliphatic carbocycles. The van der Waals surface area contributed by atoms with E-state index in [1.54, 1.807) is 13.0 Å². The lowest BCUT2D eigenvalue weighted by Crippen LogP contribution is -2.48. The van der Waals surface area contributed by atoms with Gasteiger partial charge in [0.2, 0.25) is 0 Å². The first-order valence-corrected chi connectivity index (χ1v) is 11.2. The van der Waals surface area contributed by atoms with Crippen molar-refractivity contribution in [3.8, 4) is 11.1 Å². The van der Waals surface area contributed by atoms with E-state index in [4.69, 9.17) is 0 Å². The summed E-state index contributed by atoms with van der Waals surface area (Å²) in [6.45, 7) is 0.565. The van der Waals surface area contributed by atoms with E-state index < -0.39 is 46.5 Å². The summed E-state index contributed by atoms with van der Waals surface area (Å²) < 4.78 is 99.6. The van der Waals surface area contributed by atoms with E-state index in [9.17, 15) is 27.1 Å². The molecule has 4 rings (SSSR count). The molecule has 37 heavy (non-hydrogen) atoms. The minimum absolute atomic E-state index is 0.100. The topological polar surface area (TPSA) is 76.7 Å². The summed E-state index contributed by atoms with van der Waals surface area (Å²) in [5.74, 6) is -6.80. The van der Waals surface area contributed by atoms with Gasteiger partial charge >= 0.3 is 11.4 Å². The first-order valence-electron chi connectivity index (χ1n) is 10.4. The second kappa shape index (κ2) is 9.74. The Labute approximate surface area is 209 Å². The number of tetrazole rings is 1. The Hall–Kier alpha value is -3.52. The summed E-state index contributed by atoms with van der Waals surface area (Å²) in [4.78, 5) is 3.54. The van der Waals surface area contributed by atoms with Crippen molar-refractivity contribution in [3.05, 3.63) is 89.5 Å². The number of rotatable bonds is 7. The predicted molar refractivity (Wildman–Crippen MR) is 118 cm³/mol. The molecule has 14 heteroatoms.